The molecule has 162 valence electrons. The molecule has 0 aliphatic rings. The Morgan fingerprint density at radius 1 is 1.07 bits per heavy atom. The summed E-state index contributed by atoms with van der Waals surface area (Å²) in [6.45, 7) is 10.5. The number of ether oxygens (including phenoxy) is 1. The first kappa shape index (κ1) is 23.9. The van der Waals surface area contributed by atoms with E-state index in [-0.39, 0.29) is 18.4 Å². The molecule has 0 aliphatic carbocycles. The molecule has 30 heavy (non-hydrogen) atoms. The standard InChI is InChI=1S/C24H31BrN2O3/c1-6-21(24(29)26-7-2)27(14-19-10-8-16(3)9-11-19)22(28)15-30-20-12-17(4)23(25)18(5)13-20/h8-13,21H,6-7,14-15H2,1-5H3,(H,26,29)/t21-/m1/s1. The highest BCUT2D eigenvalue weighted by Crippen LogP contribution is 2.26. The molecule has 0 bridgehead atoms. The SMILES string of the molecule is CCNC(=O)[C@@H](CC)N(Cc1ccc(C)cc1)C(=O)COc1cc(C)c(Br)c(C)c1. The number of hydrogen-bond donors (Lipinski definition) is 1. The topological polar surface area (TPSA) is 58.6 Å². The Hall–Kier alpha value is -2.34. The highest BCUT2D eigenvalue weighted by Gasteiger charge is 2.28. The van der Waals surface area contributed by atoms with Gasteiger partial charge >= 0.3 is 0 Å². The third-order valence-corrected chi connectivity index (χ3v) is 6.23. The molecule has 1 atom stereocenters. The zero-order valence-corrected chi connectivity index (χ0v) is 20.0. The van der Waals surface area contributed by atoms with E-state index in [1.54, 1.807) is 4.90 Å². The van der Waals surface area contributed by atoms with Crippen LogP contribution >= 0.6 is 15.9 Å². The number of likely N-dealkylation sites (N-methyl/N-ethyl adjacent to an activating group) is 1. The number of carbonyl (C=O) groups is 2. The molecule has 0 saturated heterocycles. The van der Waals surface area contributed by atoms with Gasteiger partial charge in [0.1, 0.15) is 11.8 Å². The third-order valence-electron chi connectivity index (χ3n) is 4.98. The number of hydrogen-bond acceptors (Lipinski definition) is 3. The lowest BCUT2D eigenvalue weighted by atomic mass is 10.1. The van der Waals surface area contributed by atoms with Gasteiger partial charge in [-0.15, -0.1) is 0 Å². The Bertz CT molecular complexity index is 858. The minimum Gasteiger partial charge on any atom is -0.484 e. The van der Waals surface area contributed by atoms with Gasteiger partial charge in [0.2, 0.25) is 5.91 Å². The largest absolute Gasteiger partial charge is 0.484 e. The molecule has 0 unspecified atom stereocenters. The highest BCUT2D eigenvalue weighted by molar-refractivity contribution is 9.10. The fourth-order valence-corrected chi connectivity index (χ4v) is 3.55. The number of amides is 2. The van der Waals surface area contributed by atoms with Crippen LogP contribution in [0.2, 0.25) is 0 Å². The Morgan fingerprint density at radius 2 is 1.67 bits per heavy atom. The van der Waals surface area contributed by atoms with Crippen LogP contribution in [0, 0.1) is 20.8 Å². The normalized spacial score (nSPS) is 11.7. The molecule has 1 N–H and O–H groups in total. The smallest absolute Gasteiger partial charge is 0.261 e. The first-order chi connectivity index (χ1) is 14.3. The maximum atomic E-state index is 13.1. The van der Waals surface area contributed by atoms with E-state index in [9.17, 15) is 9.59 Å². The number of rotatable bonds is 9. The minimum absolute atomic E-state index is 0.123. The van der Waals surface area contributed by atoms with Crippen LogP contribution in [-0.4, -0.2) is 35.9 Å². The van der Waals surface area contributed by atoms with Crippen LogP contribution in [-0.2, 0) is 16.1 Å². The fourth-order valence-electron chi connectivity index (χ4n) is 3.32. The number of benzene rings is 2. The fraction of sp³-hybridized carbons (Fsp3) is 0.417. The second-order valence-corrected chi connectivity index (χ2v) is 8.28. The van der Waals surface area contributed by atoms with Crippen molar-refractivity contribution in [3.63, 3.8) is 0 Å². The summed E-state index contributed by atoms with van der Waals surface area (Å²) >= 11 is 3.54. The quantitative estimate of drug-likeness (QED) is 0.572. The lowest BCUT2D eigenvalue weighted by Gasteiger charge is -2.30. The molecule has 2 aromatic carbocycles. The zero-order chi connectivity index (χ0) is 22.3. The number of aryl methyl sites for hydroxylation is 3. The van der Waals surface area contributed by atoms with Gasteiger partial charge in [-0.2, -0.15) is 0 Å². The number of nitrogens with zero attached hydrogens (tertiary/aromatic N) is 1. The van der Waals surface area contributed by atoms with Gasteiger partial charge in [-0.3, -0.25) is 9.59 Å². The number of carbonyl (C=O) groups excluding carboxylic acids is 2. The van der Waals surface area contributed by atoms with Gasteiger partial charge in [0.05, 0.1) is 0 Å². The van der Waals surface area contributed by atoms with Gasteiger partial charge in [-0.25, -0.2) is 0 Å². The van der Waals surface area contributed by atoms with Crippen molar-refractivity contribution in [3.8, 4) is 5.75 Å². The van der Waals surface area contributed by atoms with Crippen LogP contribution < -0.4 is 10.1 Å². The van der Waals surface area contributed by atoms with Crippen LogP contribution in [0.15, 0.2) is 40.9 Å². The minimum atomic E-state index is -0.546. The third kappa shape index (κ3) is 6.33. The molecule has 0 radical (unpaired) electrons. The number of nitrogens with one attached hydrogen (secondary N) is 1. The van der Waals surface area contributed by atoms with E-state index >= 15 is 0 Å². The molecular weight excluding hydrogens is 444 g/mol. The summed E-state index contributed by atoms with van der Waals surface area (Å²) in [5, 5.41) is 2.84. The van der Waals surface area contributed by atoms with Crippen molar-refractivity contribution in [2.45, 2.75) is 53.6 Å². The molecule has 5 nitrogen and oxygen atoms in total. The molecule has 0 fully saturated rings. The van der Waals surface area contributed by atoms with Crippen LogP contribution in [0.3, 0.4) is 0 Å². The lowest BCUT2D eigenvalue weighted by molar-refractivity contribution is -0.142. The first-order valence-electron chi connectivity index (χ1n) is 10.3. The summed E-state index contributed by atoms with van der Waals surface area (Å²) in [5.74, 6) is 0.283. The Balaban J connectivity index is 2.22. The van der Waals surface area contributed by atoms with Gasteiger partial charge in [0, 0.05) is 17.6 Å². The van der Waals surface area contributed by atoms with Crippen LogP contribution in [0.4, 0.5) is 0 Å². The Labute approximate surface area is 187 Å². The van der Waals surface area contributed by atoms with E-state index in [4.69, 9.17) is 4.74 Å². The van der Waals surface area contributed by atoms with Crippen LogP contribution in [0.5, 0.6) is 5.75 Å². The van der Waals surface area contributed by atoms with Crippen molar-refractivity contribution < 1.29 is 14.3 Å². The number of halogens is 1. The van der Waals surface area contributed by atoms with E-state index in [1.807, 2.05) is 71.0 Å². The molecular formula is C24H31BrN2O3. The van der Waals surface area contributed by atoms with Crippen molar-refractivity contribution in [2.75, 3.05) is 13.2 Å². The molecule has 0 aromatic heterocycles. The summed E-state index contributed by atoms with van der Waals surface area (Å²) in [6, 6.07) is 11.2. The van der Waals surface area contributed by atoms with Crippen LogP contribution in [0.25, 0.3) is 0 Å². The van der Waals surface area contributed by atoms with E-state index in [2.05, 4.69) is 21.2 Å². The second kappa shape index (κ2) is 11.2. The van der Waals surface area contributed by atoms with Crippen molar-refractivity contribution in [3.05, 3.63) is 63.1 Å². The van der Waals surface area contributed by atoms with Crippen molar-refractivity contribution in [2.24, 2.45) is 0 Å². The predicted molar refractivity (Wildman–Crippen MR) is 124 cm³/mol. The maximum Gasteiger partial charge on any atom is 0.261 e. The molecule has 0 saturated carbocycles. The van der Waals surface area contributed by atoms with Gasteiger partial charge in [-0.1, -0.05) is 52.7 Å². The van der Waals surface area contributed by atoms with Gasteiger partial charge in [0.25, 0.3) is 5.91 Å². The average Bonchev–Trinajstić information content (AvgIpc) is 2.71. The molecule has 0 spiro atoms. The lowest BCUT2D eigenvalue weighted by Crippen LogP contribution is -2.50. The summed E-state index contributed by atoms with van der Waals surface area (Å²) in [7, 11) is 0. The van der Waals surface area contributed by atoms with Crippen molar-refractivity contribution in [1.29, 1.82) is 0 Å². The molecule has 0 aliphatic heterocycles. The first-order valence-corrected chi connectivity index (χ1v) is 11.1. The highest BCUT2D eigenvalue weighted by atomic mass is 79.9. The Morgan fingerprint density at radius 3 is 2.20 bits per heavy atom. The molecule has 2 amide bonds. The van der Waals surface area contributed by atoms with E-state index in [0.717, 1.165) is 26.7 Å². The van der Waals surface area contributed by atoms with E-state index in [0.29, 0.717) is 25.3 Å². The summed E-state index contributed by atoms with van der Waals surface area (Å²) in [6.07, 6.45) is 0.528. The van der Waals surface area contributed by atoms with Gasteiger partial charge in [0.15, 0.2) is 6.61 Å². The van der Waals surface area contributed by atoms with E-state index in [1.165, 1.54) is 0 Å². The second-order valence-electron chi connectivity index (χ2n) is 7.49. The molecule has 0 heterocycles. The van der Waals surface area contributed by atoms with Crippen LogP contribution in [0.1, 0.15) is 42.5 Å². The predicted octanol–water partition coefficient (Wildman–Crippen LogP) is 4.70. The summed E-state index contributed by atoms with van der Waals surface area (Å²) in [5.41, 5.74) is 4.22. The summed E-state index contributed by atoms with van der Waals surface area (Å²) < 4.78 is 6.84. The monoisotopic (exact) mass is 474 g/mol. The maximum absolute atomic E-state index is 13.1. The Kier molecular flexibility index (Phi) is 8.90. The summed E-state index contributed by atoms with van der Waals surface area (Å²) in [4.78, 5) is 27.4. The van der Waals surface area contributed by atoms with Gasteiger partial charge in [-0.05, 0) is 62.9 Å². The molecule has 2 rings (SSSR count). The van der Waals surface area contributed by atoms with E-state index < -0.39 is 6.04 Å². The van der Waals surface area contributed by atoms with Gasteiger partial charge < -0.3 is 15.0 Å². The molecule has 6 heteroatoms. The zero-order valence-electron chi connectivity index (χ0n) is 18.4. The molecule has 2 aromatic rings. The van der Waals surface area contributed by atoms with Crippen molar-refractivity contribution >= 4 is 27.7 Å². The average molecular weight is 475 g/mol. The van der Waals surface area contributed by atoms with Crippen molar-refractivity contribution in [1.82, 2.24) is 10.2 Å².